The molecule has 0 heterocycles. The van der Waals surface area contributed by atoms with Gasteiger partial charge in [0.2, 0.25) is 0 Å². The molecule has 0 unspecified atom stereocenters. The van der Waals surface area contributed by atoms with E-state index in [9.17, 15) is 12.3 Å². The summed E-state index contributed by atoms with van der Waals surface area (Å²) >= 11 is 0. The molecule has 0 bridgehead atoms. The Morgan fingerprint density at radius 2 is 1.85 bits per heavy atom. The lowest BCUT2D eigenvalue weighted by Crippen LogP contribution is -1.98. The van der Waals surface area contributed by atoms with Gasteiger partial charge in [-0.3, -0.25) is 0 Å². The molecule has 0 saturated heterocycles. The van der Waals surface area contributed by atoms with Crippen molar-refractivity contribution in [2.45, 2.75) is 0 Å². The maximum absolute atomic E-state index is 12.1. The third-order valence-electron chi connectivity index (χ3n) is 1.37. The normalized spacial score (nSPS) is 12.8. The van der Waals surface area contributed by atoms with Crippen LogP contribution in [0.15, 0.2) is 35.7 Å². The van der Waals surface area contributed by atoms with Crippen LogP contribution in [-0.2, 0) is 10.2 Å². The Bertz CT molecular complexity index is 411. The molecule has 13 heavy (non-hydrogen) atoms. The predicted molar refractivity (Wildman–Crippen MR) is 48.6 cm³/mol. The fraction of sp³-hybridized carbons (Fsp3) is 0. The van der Waals surface area contributed by atoms with Gasteiger partial charge in [-0.15, -0.1) is 3.89 Å². The van der Waals surface area contributed by atoms with Crippen molar-refractivity contribution in [3.63, 3.8) is 0 Å². The van der Waals surface area contributed by atoms with Crippen molar-refractivity contribution in [3.05, 3.63) is 41.3 Å². The van der Waals surface area contributed by atoms with Gasteiger partial charge in [0.05, 0.1) is 11.1 Å². The maximum Gasteiger partial charge on any atom is 0.327 e. The van der Waals surface area contributed by atoms with Gasteiger partial charge in [0.25, 0.3) is 0 Å². The molecule has 0 fully saturated rings. The summed E-state index contributed by atoms with van der Waals surface area (Å²) in [7, 11) is -4.66. The second-order valence-corrected chi connectivity index (χ2v) is 3.60. The first-order chi connectivity index (χ1) is 5.99. The topological polar surface area (TPSA) is 60.2 Å². The third-order valence-corrected chi connectivity index (χ3v) is 1.91. The van der Waals surface area contributed by atoms with Gasteiger partial charge in [0.15, 0.2) is 0 Å². The summed E-state index contributed by atoms with van der Waals surface area (Å²) in [4.78, 5) is 0. The standard InChI is InChI=1S/C8H8FNO2S/c9-13(11,12)6-8(10)7-4-2-1-3-5-7/h1-6H,10H2. The average molecular weight is 201 g/mol. The van der Waals surface area contributed by atoms with Crippen molar-refractivity contribution >= 4 is 15.9 Å². The Labute approximate surface area is 75.9 Å². The Hall–Kier alpha value is -1.36. The minimum Gasteiger partial charge on any atom is -0.398 e. The highest BCUT2D eigenvalue weighted by Gasteiger charge is 2.04. The van der Waals surface area contributed by atoms with E-state index >= 15 is 0 Å². The minimum absolute atomic E-state index is 0.108. The molecule has 0 aliphatic carbocycles. The van der Waals surface area contributed by atoms with Gasteiger partial charge < -0.3 is 5.73 Å². The Morgan fingerprint density at radius 3 is 2.31 bits per heavy atom. The second-order valence-electron chi connectivity index (χ2n) is 2.41. The zero-order valence-corrected chi connectivity index (χ0v) is 7.46. The van der Waals surface area contributed by atoms with Gasteiger partial charge in [-0.1, -0.05) is 30.3 Å². The van der Waals surface area contributed by atoms with Crippen molar-refractivity contribution in [3.8, 4) is 0 Å². The summed E-state index contributed by atoms with van der Waals surface area (Å²) in [5, 5.41) is 0.391. The van der Waals surface area contributed by atoms with Crippen LogP contribution in [0.25, 0.3) is 5.70 Å². The molecule has 0 amide bonds. The zero-order valence-electron chi connectivity index (χ0n) is 6.64. The van der Waals surface area contributed by atoms with Crippen LogP contribution in [-0.4, -0.2) is 8.42 Å². The second kappa shape index (κ2) is 3.57. The molecular formula is C8H8FNO2S. The fourth-order valence-corrected chi connectivity index (χ4v) is 1.29. The molecule has 1 aromatic carbocycles. The molecule has 3 nitrogen and oxygen atoms in total. The molecule has 0 aliphatic rings. The van der Waals surface area contributed by atoms with E-state index in [0.29, 0.717) is 11.0 Å². The van der Waals surface area contributed by atoms with Crippen LogP contribution in [0.4, 0.5) is 3.89 Å². The molecule has 0 saturated carbocycles. The largest absolute Gasteiger partial charge is 0.398 e. The lowest BCUT2D eigenvalue weighted by atomic mass is 10.2. The molecule has 5 heteroatoms. The van der Waals surface area contributed by atoms with Crippen LogP contribution in [0.1, 0.15) is 5.56 Å². The molecular weight excluding hydrogens is 193 g/mol. The lowest BCUT2D eigenvalue weighted by molar-refractivity contribution is 0.563. The SMILES string of the molecule is NC(=CS(=O)(=O)F)c1ccccc1. The van der Waals surface area contributed by atoms with Gasteiger partial charge in [-0.2, -0.15) is 8.42 Å². The highest BCUT2D eigenvalue weighted by Crippen LogP contribution is 2.10. The fourth-order valence-electron chi connectivity index (χ4n) is 0.850. The van der Waals surface area contributed by atoms with Gasteiger partial charge in [-0.25, -0.2) is 0 Å². The maximum atomic E-state index is 12.1. The van der Waals surface area contributed by atoms with Crippen molar-refractivity contribution in [2.75, 3.05) is 0 Å². The molecule has 1 rings (SSSR count). The first kappa shape index (κ1) is 9.73. The molecule has 0 atom stereocenters. The molecule has 0 radical (unpaired) electrons. The molecule has 0 aliphatic heterocycles. The van der Waals surface area contributed by atoms with Gasteiger partial charge in [-0.05, 0) is 5.56 Å². The number of benzene rings is 1. The van der Waals surface area contributed by atoms with E-state index in [1.807, 2.05) is 0 Å². The number of hydrogen-bond donors (Lipinski definition) is 1. The number of rotatable bonds is 2. The summed E-state index contributed by atoms with van der Waals surface area (Å²) in [5.74, 6) is 0. The Balaban J connectivity index is 3.06. The summed E-state index contributed by atoms with van der Waals surface area (Å²) in [5.41, 5.74) is 5.69. The van der Waals surface area contributed by atoms with Crippen LogP contribution < -0.4 is 5.73 Å². The molecule has 70 valence electrons. The highest BCUT2D eigenvalue weighted by molar-refractivity contribution is 7.89. The van der Waals surface area contributed by atoms with Gasteiger partial charge in [0, 0.05) is 0 Å². The summed E-state index contributed by atoms with van der Waals surface area (Å²) in [6.45, 7) is 0. The van der Waals surface area contributed by atoms with E-state index in [1.54, 1.807) is 30.3 Å². The van der Waals surface area contributed by atoms with E-state index < -0.39 is 10.2 Å². The van der Waals surface area contributed by atoms with Crippen LogP contribution in [0.2, 0.25) is 0 Å². The number of hydrogen-bond acceptors (Lipinski definition) is 3. The molecule has 1 aromatic rings. The van der Waals surface area contributed by atoms with E-state index in [2.05, 4.69) is 0 Å². The summed E-state index contributed by atoms with van der Waals surface area (Å²) < 4.78 is 32.5. The third kappa shape index (κ3) is 3.25. The number of halogens is 1. The van der Waals surface area contributed by atoms with E-state index in [0.717, 1.165) is 0 Å². The van der Waals surface area contributed by atoms with Crippen molar-refractivity contribution in [2.24, 2.45) is 5.73 Å². The number of nitrogens with two attached hydrogens (primary N) is 1. The molecule has 2 N–H and O–H groups in total. The van der Waals surface area contributed by atoms with Crippen LogP contribution in [0.3, 0.4) is 0 Å². The van der Waals surface area contributed by atoms with Crippen molar-refractivity contribution in [1.29, 1.82) is 0 Å². The predicted octanol–water partition coefficient (Wildman–Crippen LogP) is 1.24. The lowest BCUT2D eigenvalue weighted by Gasteiger charge is -1.98. The van der Waals surface area contributed by atoms with Gasteiger partial charge >= 0.3 is 10.2 Å². The average Bonchev–Trinajstić information content (AvgIpc) is 2.03. The van der Waals surface area contributed by atoms with Crippen LogP contribution >= 0.6 is 0 Å². The smallest absolute Gasteiger partial charge is 0.327 e. The van der Waals surface area contributed by atoms with Crippen LogP contribution in [0.5, 0.6) is 0 Å². The molecule has 0 spiro atoms. The molecule has 0 aromatic heterocycles. The highest BCUT2D eigenvalue weighted by atomic mass is 32.3. The van der Waals surface area contributed by atoms with Crippen molar-refractivity contribution in [1.82, 2.24) is 0 Å². The summed E-state index contributed by atoms with van der Waals surface area (Å²) in [6, 6.07) is 8.30. The quantitative estimate of drug-likeness (QED) is 0.732. The Kier molecular flexibility index (Phi) is 2.67. The van der Waals surface area contributed by atoms with E-state index in [-0.39, 0.29) is 5.70 Å². The van der Waals surface area contributed by atoms with Crippen LogP contribution in [0, 0.1) is 0 Å². The van der Waals surface area contributed by atoms with Gasteiger partial charge in [0.1, 0.15) is 0 Å². The Morgan fingerprint density at radius 1 is 1.31 bits per heavy atom. The minimum atomic E-state index is -4.66. The summed E-state index contributed by atoms with van der Waals surface area (Å²) in [6.07, 6.45) is 0. The van der Waals surface area contributed by atoms with E-state index in [1.165, 1.54) is 0 Å². The zero-order chi connectivity index (χ0) is 9.90. The first-order valence-electron chi connectivity index (χ1n) is 3.46. The van der Waals surface area contributed by atoms with Crippen molar-refractivity contribution < 1.29 is 12.3 Å². The first-order valence-corrected chi connectivity index (χ1v) is 4.91. The van der Waals surface area contributed by atoms with E-state index in [4.69, 9.17) is 5.73 Å². The monoisotopic (exact) mass is 201 g/mol.